The van der Waals surface area contributed by atoms with Crippen LogP contribution in [0.3, 0.4) is 0 Å². The lowest BCUT2D eigenvalue weighted by Crippen LogP contribution is -2.38. The van der Waals surface area contributed by atoms with Gasteiger partial charge < -0.3 is 15.4 Å². The molecule has 0 unspecified atom stereocenters. The molecule has 136 valence electrons. The quantitative estimate of drug-likeness (QED) is 0.703. The van der Waals surface area contributed by atoms with E-state index < -0.39 is 0 Å². The van der Waals surface area contributed by atoms with Gasteiger partial charge in [0.1, 0.15) is 12.4 Å². The van der Waals surface area contributed by atoms with Crippen molar-refractivity contribution in [1.29, 1.82) is 0 Å². The molecule has 0 fully saturated rings. The minimum atomic E-state index is -0.175. The first kappa shape index (κ1) is 17.2. The third-order valence-electron chi connectivity index (χ3n) is 4.75. The molecule has 0 heterocycles. The summed E-state index contributed by atoms with van der Waals surface area (Å²) in [4.78, 5) is 12.3. The maximum Gasteiger partial charge on any atom is 0.319 e. The van der Waals surface area contributed by atoms with Crippen LogP contribution in [0, 0.1) is 0 Å². The summed E-state index contributed by atoms with van der Waals surface area (Å²) in [6, 6.07) is 25.8. The van der Waals surface area contributed by atoms with E-state index in [0.29, 0.717) is 6.61 Å². The second kappa shape index (κ2) is 7.96. The van der Waals surface area contributed by atoms with Gasteiger partial charge in [0.2, 0.25) is 0 Å². The molecule has 4 heteroatoms. The molecule has 0 aliphatic heterocycles. The minimum Gasteiger partial charge on any atom is -0.489 e. The maximum absolute atomic E-state index is 12.3. The summed E-state index contributed by atoms with van der Waals surface area (Å²) < 4.78 is 5.77. The number of nitrogens with one attached hydrogen (secondary N) is 2. The number of anilines is 1. The highest BCUT2D eigenvalue weighted by Crippen LogP contribution is 2.22. The van der Waals surface area contributed by atoms with Crippen LogP contribution in [-0.2, 0) is 19.4 Å². The van der Waals surface area contributed by atoms with Gasteiger partial charge in [-0.3, -0.25) is 0 Å². The summed E-state index contributed by atoms with van der Waals surface area (Å²) in [5.74, 6) is 0.774. The summed E-state index contributed by atoms with van der Waals surface area (Å²) in [5, 5.41) is 5.95. The Labute approximate surface area is 159 Å². The fourth-order valence-electron chi connectivity index (χ4n) is 3.39. The van der Waals surface area contributed by atoms with Gasteiger partial charge in [-0.1, -0.05) is 54.6 Å². The predicted octanol–water partition coefficient (Wildman–Crippen LogP) is 4.55. The Kier molecular flexibility index (Phi) is 5.06. The van der Waals surface area contributed by atoms with E-state index in [4.69, 9.17) is 4.74 Å². The van der Waals surface area contributed by atoms with Crippen molar-refractivity contribution in [2.75, 3.05) is 5.32 Å². The molecule has 1 aliphatic rings. The van der Waals surface area contributed by atoms with E-state index in [1.807, 2.05) is 66.7 Å². The van der Waals surface area contributed by atoms with Crippen molar-refractivity contribution in [2.24, 2.45) is 0 Å². The lowest BCUT2D eigenvalue weighted by atomic mass is 10.1. The van der Waals surface area contributed by atoms with Crippen molar-refractivity contribution in [2.45, 2.75) is 25.5 Å². The molecule has 3 aromatic rings. The number of rotatable bonds is 5. The van der Waals surface area contributed by atoms with E-state index >= 15 is 0 Å². The Morgan fingerprint density at radius 3 is 2.15 bits per heavy atom. The largest absolute Gasteiger partial charge is 0.489 e. The van der Waals surface area contributed by atoms with E-state index in [0.717, 1.165) is 29.8 Å². The minimum absolute atomic E-state index is 0.149. The molecule has 0 saturated carbocycles. The van der Waals surface area contributed by atoms with Crippen LogP contribution in [0.5, 0.6) is 5.75 Å². The van der Waals surface area contributed by atoms with Crippen molar-refractivity contribution in [1.82, 2.24) is 5.32 Å². The molecular weight excluding hydrogens is 336 g/mol. The molecule has 27 heavy (non-hydrogen) atoms. The van der Waals surface area contributed by atoms with E-state index in [-0.39, 0.29) is 12.1 Å². The van der Waals surface area contributed by atoms with Crippen LogP contribution in [0.4, 0.5) is 10.5 Å². The molecule has 0 aromatic heterocycles. The van der Waals surface area contributed by atoms with Gasteiger partial charge in [-0.15, -0.1) is 0 Å². The average molecular weight is 358 g/mol. The maximum atomic E-state index is 12.3. The number of carbonyl (C=O) groups is 1. The zero-order valence-corrected chi connectivity index (χ0v) is 15.0. The van der Waals surface area contributed by atoms with Crippen molar-refractivity contribution in [3.63, 3.8) is 0 Å². The first-order valence-corrected chi connectivity index (χ1v) is 9.17. The third kappa shape index (κ3) is 4.47. The number of amides is 2. The summed E-state index contributed by atoms with van der Waals surface area (Å²) in [6.07, 6.45) is 1.77. The van der Waals surface area contributed by atoms with Gasteiger partial charge in [-0.05, 0) is 53.8 Å². The number of hydrogen-bond acceptors (Lipinski definition) is 2. The zero-order valence-electron chi connectivity index (χ0n) is 15.0. The van der Waals surface area contributed by atoms with E-state index in [1.54, 1.807) is 0 Å². The van der Waals surface area contributed by atoms with Gasteiger partial charge in [-0.25, -0.2) is 4.79 Å². The standard InChI is InChI=1S/C23H22N2O2/c26-23(25-21-14-18-8-4-5-9-19(18)15-21)24-20-10-12-22(13-11-20)27-16-17-6-2-1-3-7-17/h1-13,21H,14-16H2,(H2,24,25,26). The van der Waals surface area contributed by atoms with Gasteiger partial charge in [0, 0.05) is 11.7 Å². The summed E-state index contributed by atoms with van der Waals surface area (Å²) in [7, 11) is 0. The SMILES string of the molecule is O=C(Nc1ccc(OCc2ccccc2)cc1)NC1Cc2ccccc2C1. The normalized spacial score (nSPS) is 13.0. The highest BCUT2D eigenvalue weighted by Gasteiger charge is 2.22. The topological polar surface area (TPSA) is 50.4 Å². The average Bonchev–Trinajstić information content (AvgIpc) is 3.10. The zero-order chi connectivity index (χ0) is 18.5. The second-order valence-corrected chi connectivity index (χ2v) is 6.77. The van der Waals surface area contributed by atoms with Crippen molar-refractivity contribution < 1.29 is 9.53 Å². The van der Waals surface area contributed by atoms with Gasteiger partial charge >= 0.3 is 6.03 Å². The Morgan fingerprint density at radius 1 is 0.852 bits per heavy atom. The van der Waals surface area contributed by atoms with Crippen LogP contribution in [-0.4, -0.2) is 12.1 Å². The molecule has 2 amide bonds. The second-order valence-electron chi connectivity index (χ2n) is 6.77. The van der Waals surface area contributed by atoms with Gasteiger partial charge in [-0.2, -0.15) is 0 Å². The monoisotopic (exact) mass is 358 g/mol. The number of carbonyl (C=O) groups excluding carboxylic acids is 1. The Morgan fingerprint density at radius 2 is 1.48 bits per heavy atom. The number of ether oxygens (including phenoxy) is 1. The molecule has 0 bridgehead atoms. The highest BCUT2D eigenvalue weighted by molar-refractivity contribution is 5.89. The Balaban J connectivity index is 1.26. The van der Waals surface area contributed by atoms with Crippen molar-refractivity contribution >= 4 is 11.7 Å². The molecule has 4 rings (SSSR count). The molecule has 3 aromatic carbocycles. The Hall–Kier alpha value is -3.27. The van der Waals surface area contributed by atoms with E-state index in [2.05, 4.69) is 22.8 Å². The predicted molar refractivity (Wildman–Crippen MR) is 107 cm³/mol. The van der Waals surface area contributed by atoms with Crippen molar-refractivity contribution in [3.8, 4) is 5.75 Å². The van der Waals surface area contributed by atoms with Gasteiger partial charge in [0.15, 0.2) is 0 Å². The van der Waals surface area contributed by atoms with Gasteiger partial charge in [0.25, 0.3) is 0 Å². The molecular formula is C23H22N2O2. The molecule has 1 aliphatic carbocycles. The number of hydrogen-bond donors (Lipinski definition) is 2. The third-order valence-corrected chi connectivity index (χ3v) is 4.75. The van der Waals surface area contributed by atoms with Gasteiger partial charge in [0.05, 0.1) is 0 Å². The fourth-order valence-corrected chi connectivity index (χ4v) is 3.39. The molecule has 0 saturated heterocycles. The fraction of sp³-hybridized carbons (Fsp3) is 0.174. The highest BCUT2D eigenvalue weighted by atomic mass is 16.5. The summed E-state index contributed by atoms with van der Waals surface area (Å²) in [5.41, 5.74) is 4.51. The van der Waals surface area contributed by atoms with Crippen LogP contribution in [0.25, 0.3) is 0 Å². The summed E-state index contributed by atoms with van der Waals surface area (Å²) >= 11 is 0. The van der Waals surface area contributed by atoms with E-state index in [1.165, 1.54) is 11.1 Å². The van der Waals surface area contributed by atoms with Crippen LogP contribution in [0.15, 0.2) is 78.9 Å². The summed E-state index contributed by atoms with van der Waals surface area (Å²) in [6.45, 7) is 0.524. The van der Waals surface area contributed by atoms with Crippen LogP contribution < -0.4 is 15.4 Å². The lowest BCUT2D eigenvalue weighted by Gasteiger charge is -2.13. The van der Waals surface area contributed by atoms with Crippen LogP contribution in [0.1, 0.15) is 16.7 Å². The first-order valence-electron chi connectivity index (χ1n) is 9.17. The number of fused-ring (bicyclic) bond motifs is 1. The Bertz CT molecular complexity index is 882. The number of benzene rings is 3. The van der Waals surface area contributed by atoms with Crippen molar-refractivity contribution in [3.05, 3.63) is 95.6 Å². The molecule has 0 radical (unpaired) electrons. The van der Waals surface area contributed by atoms with Crippen LogP contribution in [0.2, 0.25) is 0 Å². The molecule has 2 N–H and O–H groups in total. The van der Waals surface area contributed by atoms with Crippen LogP contribution >= 0.6 is 0 Å². The smallest absolute Gasteiger partial charge is 0.319 e. The number of urea groups is 1. The molecule has 0 spiro atoms. The molecule has 0 atom stereocenters. The first-order chi connectivity index (χ1) is 13.3. The van der Waals surface area contributed by atoms with E-state index in [9.17, 15) is 4.79 Å². The molecule has 4 nitrogen and oxygen atoms in total. The lowest BCUT2D eigenvalue weighted by molar-refractivity contribution is 0.249.